The van der Waals surface area contributed by atoms with Gasteiger partial charge in [-0.15, -0.1) is 0 Å². The van der Waals surface area contributed by atoms with Crippen molar-refractivity contribution >= 4 is 17.1 Å². The lowest BCUT2D eigenvalue weighted by Crippen LogP contribution is -2.31. The molecule has 0 radical (unpaired) electrons. The highest BCUT2D eigenvalue weighted by Crippen LogP contribution is 2.44. The number of likely N-dealkylation sites (N-methyl/N-ethyl adjacent to an activating group) is 1. The number of rotatable bonds is 1. The van der Waals surface area contributed by atoms with E-state index in [1.807, 2.05) is 0 Å². The second-order valence-electron chi connectivity index (χ2n) is 5.54. The van der Waals surface area contributed by atoms with E-state index in [1.165, 1.54) is 28.5 Å². The van der Waals surface area contributed by atoms with Gasteiger partial charge in [-0.2, -0.15) is 0 Å². The van der Waals surface area contributed by atoms with Gasteiger partial charge in [0.25, 0.3) is 0 Å². The van der Waals surface area contributed by atoms with Gasteiger partial charge >= 0.3 is 0 Å². The lowest BCUT2D eigenvalue weighted by molar-refractivity contribution is 0.966. The van der Waals surface area contributed by atoms with Crippen LogP contribution in [-0.2, 0) is 0 Å². The quantitative estimate of drug-likeness (QED) is 0.727. The standard InChI is InChI=1S/C20H18N2/c1-21-17-12-6-3-7-14-19(17)22(16-10-4-2-5-11-16)20-15-9-8-13-18(20)21/h2-13,15H,14H2,1H3. The fourth-order valence-electron chi connectivity index (χ4n) is 3.20. The number of hydrogen-bond acceptors (Lipinski definition) is 2. The Morgan fingerprint density at radius 2 is 1.55 bits per heavy atom. The van der Waals surface area contributed by atoms with Crippen molar-refractivity contribution in [2.45, 2.75) is 6.42 Å². The third kappa shape index (κ3) is 1.96. The molecule has 0 amide bonds. The Balaban J connectivity index is 1.97. The Morgan fingerprint density at radius 3 is 2.36 bits per heavy atom. The molecule has 2 aromatic carbocycles. The highest BCUT2D eigenvalue weighted by atomic mass is 15.3. The Bertz CT molecular complexity index is 784. The second-order valence-corrected chi connectivity index (χ2v) is 5.54. The van der Waals surface area contributed by atoms with Crippen molar-refractivity contribution < 1.29 is 0 Å². The summed E-state index contributed by atoms with van der Waals surface area (Å²) < 4.78 is 0. The molecule has 0 spiro atoms. The summed E-state index contributed by atoms with van der Waals surface area (Å²) in [5.74, 6) is 0. The summed E-state index contributed by atoms with van der Waals surface area (Å²) >= 11 is 0. The molecule has 2 aromatic rings. The molecule has 0 bridgehead atoms. The molecule has 1 aliphatic carbocycles. The van der Waals surface area contributed by atoms with E-state index in [1.54, 1.807) is 0 Å². The molecule has 0 saturated carbocycles. The first-order chi connectivity index (χ1) is 10.9. The summed E-state index contributed by atoms with van der Waals surface area (Å²) in [7, 11) is 2.14. The van der Waals surface area contributed by atoms with Crippen LogP contribution < -0.4 is 9.80 Å². The van der Waals surface area contributed by atoms with E-state index in [2.05, 4.69) is 95.7 Å². The topological polar surface area (TPSA) is 6.48 Å². The monoisotopic (exact) mass is 286 g/mol. The first kappa shape index (κ1) is 13.0. The fourth-order valence-corrected chi connectivity index (χ4v) is 3.20. The molecule has 0 atom stereocenters. The Hall–Kier alpha value is -2.74. The lowest BCUT2D eigenvalue weighted by Gasteiger charge is -2.39. The van der Waals surface area contributed by atoms with Gasteiger partial charge in [0.05, 0.1) is 22.8 Å². The number of para-hydroxylation sites is 3. The van der Waals surface area contributed by atoms with Crippen LogP contribution in [0.4, 0.5) is 17.1 Å². The van der Waals surface area contributed by atoms with E-state index < -0.39 is 0 Å². The maximum absolute atomic E-state index is 2.38. The van der Waals surface area contributed by atoms with Crippen LogP contribution in [-0.4, -0.2) is 7.05 Å². The van der Waals surface area contributed by atoms with Gasteiger partial charge in [-0.3, -0.25) is 0 Å². The van der Waals surface area contributed by atoms with E-state index >= 15 is 0 Å². The molecular weight excluding hydrogens is 268 g/mol. The molecule has 4 rings (SSSR count). The van der Waals surface area contributed by atoms with Gasteiger partial charge in [0.1, 0.15) is 0 Å². The molecule has 2 heteroatoms. The van der Waals surface area contributed by atoms with Gasteiger partial charge in [-0.05, 0) is 30.3 Å². The van der Waals surface area contributed by atoms with Gasteiger partial charge < -0.3 is 9.80 Å². The Kier molecular flexibility index (Phi) is 3.08. The van der Waals surface area contributed by atoms with Crippen LogP contribution in [0.2, 0.25) is 0 Å². The van der Waals surface area contributed by atoms with Crippen molar-refractivity contribution in [3.63, 3.8) is 0 Å². The predicted molar refractivity (Wildman–Crippen MR) is 93.3 cm³/mol. The van der Waals surface area contributed by atoms with Crippen molar-refractivity contribution in [1.29, 1.82) is 0 Å². The number of anilines is 3. The minimum atomic E-state index is 0.926. The van der Waals surface area contributed by atoms with Crippen LogP contribution in [0.3, 0.4) is 0 Å². The summed E-state index contributed by atoms with van der Waals surface area (Å²) in [6.45, 7) is 0. The number of nitrogens with zero attached hydrogens (tertiary/aromatic N) is 2. The van der Waals surface area contributed by atoms with Crippen molar-refractivity contribution in [3.05, 3.63) is 90.3 Å². The summed E-state index contributed by atoms with van der Waals surface area (Å²) in [4.78, 5) is 4.66. The van der Waals surface area contributed by atoms with Crippen LogP contribution in [0.5, 0.6) is 0 Å². The molecule has 0 unspecified atom stereocenters. The van der Waals surface area contributed by atoms with Gasteiger partial charge in [0, 0.05) is 19.2 Å². The first-order valence-corrected chi connectivity index (χ1v) is 7.60. The maximum Gasteiger partial charge on any atom is 0.0696 e. The molecule has 0 N–H and O–H groups in total. The van der Waals surface area contributed by atoms with Crippen molar-refractivity contribution in [3.8, 4) is 0 Å². The van der Waals surface area contributed by atoms with Crippen LogP contribution in [0.1, 0.15) is 6.42 Å². The van der Waals surface area contributed by atoms with E-state index in [-0.39, 0.29) is 0 Å². The Morgan fingerprint density at radius 1 is 0.818 bits per heavy atom. The molecular formula is C20H18N2. The largest absolute Gasteiger partial charge is 0.341 e. The number of fused-ring (bicyclic) bond motifs is 1. The average molecular weight is 286 g/mol. The normalized spacial score (nSPS) is 16.4. The first-order valence-electron chi connectivity index (χ1n) is 7.60. The number of hydrogen-bond donors (Lipinski definition) is 0. The molecule has 1 heterocycles. The maximum atomic E-state index is 2.38. The zero-order chi connectivity index (χ0) is 14.9. The van der Waals surface area contributed by atoms with Gasteiger partial charge in [0.15, 0.2) is 0 Å². The third-order valence-electron chi connectivity index (χ3n) is 4.24. The minimum absolute atomic E-state index is 0.926. The second kappa shape index (κ2) is 5.23. The van der Waals surface area contributed by atoms with E-state index in [4.69, 9.17) is 0 Å². The van der Waals surface area contributed by atoms with Gasteiger partial charge in [-0.1, -0.05) is 48.6 Å². The van der Waals surface area contributed by atoms with Gasteiger partial charge in [0.2, 0.25) is 0 Å². The summed E-state index contributed by atoms with van der Waals surface area (Å²) in [6.07, 6.45) is 9.59. The molecule has 108 valence electrons. The average Bonchev–Trinajstić information content (AvgIpc) is 2.82. The van der Waals surface area contributed by atoms with Crippen molar-refractivity contribution in [2.24, 2.45) is 0 Å². The third-order valence-corrected chi connectivity index (χ3v) is 4.24. The highest BCUT2D eigenvalue weighted by molar-refractivity contribution is 5.85. The van der Waals surface area contributed by atoms with Crippen LogP contribution in [0, 0.1) is 0 Å². The van der Waals surface area contributed by atoms with Crippen LogP contribution >= 0.6 is 0 Å². The van der Waals surface area contributed by atoms with Crippen LogP contribution in [0.25, 0.3) is 0 Å². The summed E-state index contributed by atoms with van der Waals surface area (Å²) in [5.41, 5.74) is 6.25. The number of benzene rings is 2. The molecule has 2 nitrogen and oxygen atoms in total. The van der Waals surface area contributed by atoms with Crippen molar-refractivity contribution in [1.82, 2.24) is 0 Å². The van der Waals surface area contributed by atoms with E-state index in [0.29, 0.717) is 0 Å². The summed E-state index contributed by atoms with van der Waals surface area (Å²) in [6, 6.07) is 19.2. The van der Waals surface area contributed by atoms with Gasteiger partial charge in [-0.25, -0.2) is 0 Å². The predicted octanol–water partition coefficient (Wildman–Crippen LogP) is 5.00. The molecule has 1 aliphatic heterocycles. The Labute approximate surface area is 131 Å². The lowest BCUT2D eigenvalue weighted by atomic mass is 10.1. The molecule has 2 aliphatic rings. The molecule has 0 saturated heterocycles. The fraction of sp³-hybridized carbons (Fsp3) is 0.100. The zero-order valence-electron chi connectivity index (χ0n) is 12.6. The smallest absolute Gasteiger partial charge is 0.0696 e. The molecule has 0 fully saturated rings. The van der Waals surface area contributed by atoms with E-state index in [0.717, 1.165) is 6.42 Å². The molecule has 0 aromatic heterocycles. The van der Waals surface area contributed by atoms with Crippen LogP contribution in [0.15, 0.2) is 90.3 Å². The highest BCUT2D eigenvalue weighted by Gasteiger charge is 2.28. The van der Waals surface area contributed by atoms with E-state index in [9.17, 15) is 0 Å². The SMILES string of the molecule is CN1C2=C(CC=CC=C2)N(c2ccccc2)c2ccccc21. The minimum Gasteiger partial charge on any atom is -0.341 e. The van der Waals surface area contributed by atoms with Crippen molar-refractivity contribution in [2.75, 3.05) is 16.8 Å². The molecule has 22 heavy (non-hydrogen) atoms. The summed E-state index contributed by atoms with van der Waals surface area (Å²) in [5, 5.41) is 0. The number of allylic oxidation sites excluding steroid dienone is 4. The zero-order valence-corrected chi connectivity index (χ0v) is 12.6.